The first-order chi connectivity index (χ1) is 9.60. The molecule has 0 bridgehead atoms. The number of hydrogen-bond donors (Lipinski definition) is 1. The summed E-state index contributed by atoms with van der Waals surface area (Å²) in [5.74, 6) is 0.460. The van der Waals surface area contributed by atoms with Gasteiger partial charge in [-0.2, -0.15) is 5.10 Å². The summed E-state index contributed by atoms with van der Waals surface area (Å²) in [5.41, 5.74) is 2.27. The fraction of sp³-hybridized carbons (Fsp3) is 0.733. The van der Waals surface area contributed by atoms with E-state index in [1.807, 2.05) is 0 Å². The molecule has 1 fully saturated rings. The predicted molar refractivity (Wildman–Crippen MR) is 77.3 cm³/mol. The minimum Gasteiger partial charge on any atom is -0.469 e. The van der Waals surface area contributed by atoms with Crippen LogP contribution < -0.4 is 0 Å². The van der Waals surface area contributed by atoms with Crippen molar-refractivity contribution < 1.29 is 9.53 Å². The number of H-pyrrole nitrogens is 1. The van der Waals surface area contributed by atoms with Gasteiger partial charge in [0.05, 0.1) is 18.7 Å². The van der Waals surface area contributed by atoms with Crippen LogP contribution in [0.15, 0.2) is 6.07 Å². The number of nitrogens with zero attached hydrogens (tertiary/aromatic N) is 2. The summed E-state index contributed by atoms with van der Waals surface area (Å²) in [6.07, 6.45) is 2.87. The number of carbonyl (C=O) groups is 1. The summed E-state index contributed by atoms with van der Waals surface area (Å²) in [6, 6.07) is 2.15. The van der Waals surface area contributed by atoms with Crippen molar-refractivity contribution in [3.8, 4) is 0 Å². The molecule has 1 atom stereocenters. The maximum absolute atomic E-state index is 11.6. The number of carbonyl (C=O) groups excluding carboxylic acids is 1. The lowest BCUT2D eigenvalue weighted by Crippen LogP contribution is -2.25. The molecule has 1 N–H and O–H groups in total. The van der Waals surface area contributed by atoms with E-state index in [-0.39, 0.29) is 11.9 Å². The molecule has 0 amide bonds. The monoisotopic (exact) mass is 279 g/mol. The predicted octanol–water partition coefficient (Wildman–Crippen LogP) is 2.31. The van der Waals surface area contributed by atoms with E-state index in [4.69, 9.17) is 4.74 Å². The summed E-state index contributed by atoms with van der Waals surface area (Å²) >= 11 is 0. The lowest BCUT2D eigenvalue weighted by molar-refractivity contribution is -0.145. The molecule has 0 aromatic carbocycles. The highest BCUT2D eigenvalue weighted by Gasteiger charge is 2.23. The highest BCUT2D eigenvalue weighted by molar-refractivity contribution is 5.72. The molecule has 20 heavy (non-hydrogen) atoms. The molecule has 1 saturated heterocycles. The number of likely N-dealkylation sites (tertiary alicyclic amines) is 1. The van der Waals surface area contributed by atoms with Crippen LogP contribution in [0.5, 0.6) is 0 Å². The third kappa shape index (κ3) is 3.82. The Hall–Kier alpha value is -1.36. The van der Waals surface area contributed by atoms with E-state index in [0.717, 1.165) is 50.3 Å². The fourth-order valence-electron chi connectivity index (χ4n) is 2.71. The Labute approximate surface area is 120 Å². The molecular weight excluding hydrogens is 254 g/mol. The van der Waals surface area contributed by atoms with Gasteiger partial charge >= 0.3 is 5.97 Å². The molecule has 0 spiro atoms. The van der Waals surface area contributed by atoms with Gasteiger partial charge in [0.15, 0.2) is 0 Å². The molecule has 1 aliphatic rings. The SMILES string of the molecule is COC(=O)C1CCCN(Cc2cc(C(C)C)n[nH]2)CC1. The minimum absolute atomic E-state index is 0.0597. The molecule has 0 radical (unpaired) electrons. The van der Waals surface area contributed by atoms with Gasteiger partial charge in [-0.25, -0.2) is 0 Å². The van der Waals surface area contributed by atoms with Crippen LogP contribution in [0.2, 0.25) is 0 Å². The highest BCUT2D eigenvalue weighted by atomic mass is 16.5. The van der Waals surface area contributed by atoms with Crippen molar-refractivity contribution in [1.29, 1.82) is 0 Å². The molecule has 5 heteroatoms. The van der Waals surface area contributed by atoms with Gasteiger partial charge in [0.25, 0.3) is 0 Å². The van der Waals surface area contributed by atoms with Crippen molar-refractivity contribution in [3.63, 3.8) is 0 Å². The minimum atomic E-state index is -0.0597. The van der Waals surface area contributed by atoms with Gasteiger partial charge in [-0.1, -0.05) is 13.8 Å². The highest BCUT2D eigenvalue weighted by Crippen LogP contribution is 2.20. The van der Waals surface area contributed by atoms with Gasteiger partial charge in [-0.15, -0.1) is 0 Å². The Bertz CT molecular complexity index is 442. The largest absolute Gasteiger partial charge is 0.469 e. The van der Waals surface area contributed by atoms with E-state index in [0.29, 0.717) is 5.92 Å². The van der Waals surface area contributed by atoms with E-state index in [2.05, 4.69) is 35.0 Å². The van der Waals surface area contributed by atoms with Crippen LogP contribution in [0.4, 0.5) is 0 Å². The number of hydrogen-bond acceptors (Lipinski definition) is 4. The van der Waals surface area contributed by atoms with Crippen molar-refractivity contribution in [2.75, 3.05) is 20.2 Å². The number of rotatable bonds is 4. The molecule has 0 saturated carbocycles. The first-order valence-corrected chi connectivity index (χ1v) is 7.44. The fourth-order valence-corrected chi connectivity index (χ4v) is 2.71. The Balaban J connectivity index is 1.88. The van der Waals surface area contributed by atoms with Crippen LogP contribution in [0.1, 0.15) is 50.4 Å². The molecular formula is C15H25N3O2. The van der Waals surface area contributed by atoms with Crippen LogP contribution in [-0.2, 0) is 16.1 Å². The Morgan fingerprint density at radius 2 is 2.30 bits per heavy atom. The third-order valence-corrected chi connectivity index (χ3v) is 3.99. The van der Waals surface area contributed by atoms with E-state index in [9.17, 15) is 4.79 Å². The summed E-state index contributed by atoms with van der Waals surface area (Å²) in [5, 5.41) is 7.45. The molecule has 1 unspecified atom stereocenters. The Morgan fingerprint density at radius 3 is 2.95 bits per heavy atom. The van der Waals surface area contributed by atoms with Gasteiger partial charge < -0.3 is 4.74 Å². The van der Waals surface area contributed by atoms with Gasteiger partial charge in [0.2, 0.25) is 0 Å². The van der Waals surface area contributed by atoms with Crippen LogP contribution in [0, 0.1) is 5.92 Å². The van der Waals surface area contributed by atoms with Gasteiger partial charge in [0, 0.05) is 12.2 Å². The molecule has 1 aromatic heterocycles. The van der Waals surface area contributed by atoms with E-state index in [1.54, 1.807) is 0 Å². The lowest BCUT2D eigenvalue weighted by atomic mass is 10.0. The topological polar surface area (TPSA) is 58.2 Å². The van der Waals surface area contributed by atoms with Crippen molar-refractivity contribution >= 4 is 5.97 Å². The molecule has 0 aliphatic carbocycles. The van der Waals surface area contributed by atoms with Crippen molar-refractivity contribution in [2.45, 2.75) is 45.6 Å². The standard InChI is InChI=1S/C15H25N3O2/c1-11(2)14-9-13(16-17-14)10-18-7-4-5-12(6-8-18)15(19)20-3/h9,11-12H,4-8,10H2,1-3H3,(H,16,17). The van der Waals surface area contributed by atoms with Crippen molar-refractivity contribution in [3.05, 3.63) is 17.5 Å². The summed E-state index contributed by atoms with van der Waals surface area (Å²) in [6.45, 7) is 7.15. The summed E-state index contributed by atoms with van der Waals surface area (Å²) < 4.78 is 4.85. The Morgan fingerprint density at radius 1 is 1.50 bits per heavy atom. The zero-order valence-corrected chi connectivity index (χ0v) is 12.7. The number of methoxy groups -OCH3 is 1. The second-order valence-electron chi connectivity index (χ2n) is 5.90. The Kier molecular flexibility index (Phi) is 5.17. The second-order valence-corrected chi connectivity index (χ2v) is 5.90. The second kappa shape index (κ2) is 6.88. The van der Waals surface area contributed by atoms with Gasteiger partial charge in [0.1, 0.15) is 0 Å². The van der Waals surface area contributed by atoms with E-state index < -0.39 is 0 Å². The molecule has 2 heterocycles. The number of aromatic nitrogens is 2. The third-order valence-electron chi connectivity index (χ3n) is 3.99. The van der Waals surface area contributed by atoms with Gasteiger partial charge in [-0.3, -0.25) is 14.8 Å². The maximum atomic E-state index is 11.6. The first kappa shape index (κ1) is 15.0. The first-order valence-electron chi connectivity index (χ1n) is 7.44. The number of aromatic amines is 1. The maximum Gasteiger partial charge on any atom is 0.308 e. The average molecular weight is 279 g/mol. The van der Waals surface area contributed by atoms with Crippen LogP contribution >= 0.6 is 0 Å². The van der Waals surface area contributed by atoms with E-state index >= 15 is 0 Å². The van der Waals surface area contributed by atoms with Crippen molar-refractivity contribution in [2.24, 2.45) is 5.92 Å². The molecule has 112 valence electrons. The average Bonchev–Trinajstić information content (AvgIpc) is 2.77. The van der Waals surface area contributed by atoms with Gasteiger partial charge in [-0.05, 0) is 44.3 Å². The smallest absolute Gasteiger partial charge is 0.308 e. The normalized spacial score (nSPS) is 20.9. The van der Waals surface area contributed by atoms with Crippen LogP contribution in [0.25, 0.3) is 0 Å². The number of ether oxygens (including phenoxy) is 1. The summed E-state index contributed by atoms with van der Waals surface area (Å²) in [4.78, 5) is 14.0. The van der Waals surface area contributed by atoms with Crippen molar-refractivity contribution in [1.82, 2.24) is 15.1 Å². The van der Waals surface area contributed by atoms with Crippen LogP contribution in [0.3, 0.4) is 0 Å². The lowest BCUT2D eigenvalue weighted by Gasteiger charge is -2.18. The van der Waals surface area contributed by atoms with E-state index in [1.165, 1.54) is 7.11 Å². The molecule has 1 aromatic rings. The van der Waals surface area contributed by atoms with Crippen LogP contribution in [-0.4, -0.2) is 41.3 Å². The molecule has 2 rings (SSSR count). The molecule has 1 aliphatic heterocycles. The zero-order valence-electron chi connectivity index (χ0n) is 12.7. The zero-order chi connectivity index (χ0) is 14.5. The summed E-state index contributed by atoms with van der Waals surface area (Å²) in [7, 11) is 1.48. The quantitative estimate of drug-likeness (QED) is 0.859. The molecule has 5 nitrogen and oxygen atoms in total. The number of nitrogens with one attached hydrogen (secondary N) is 1. The number of esters is 1.